The van der Waals surface area contributed by atoms with Gasteiger partial charge >= 0.3 is 6.03 Å². The Labute approximate surface area is 171 Å². The lowest BCUT2D eigenvalue weighted by Crippen LogP contribution is -2.67. The average molecular weight is 393 g/mol. The Kier molecular flexibility index (Phi) is 5.18. The van der Waals surface area contributed by atoms with E-state index in [-0.39, 0.29) is 11.9 Å². The number of anilines is 1. The molecule has 0 aliphatic carbocycles. The van der Waals surface area contributed by atoms with E-state index >= 15 is 0 Å². The molecule has 1 fully saturated rings. The molecule has 2 N–H and O–H groups in total. The molecule has 2 aromatic carbocycles. The van der Waals surface area contributed by atoms with Gasteiger partial charge in [-0.25, -0.2) is 4.79 Å². The fourth-order valence-electron chi connectivity index (χ4n) is 4.33. The summed E-state index contributed by atoms with van der Waals surface area (Å²) in [6.07, 6.45) is 2.22. The molecule has 0 unspecified atom stereocenters. The maximum absolute atomic E-state index is 12.7. The molecule has 2 heterocycles. The molecule has 3 amide bonds. The summed E-state index contributed by atoms with van der Waals surface area (Å²) in [7, 11) is 2.03. The number of nitrogens with one attached hydrogen (secondary N) is 2. The topological polar surface area (TPSA) is 64.7 Å². The van der Waals surface area contributed by atoms with Gasteiger partial charge in [0.1, 0.15) is 5.66 Å². The fourth-order valence-corrected chi connectivity index (χ4v) is 4.33. The van der Waals surface area contributed by atoms with Crippen molar-refractivity contribution >= 4 is 17.6 Å². The van der Waals surface area contributed by atoms with E-state index in [1.165, 1.54) is 5.56 Å². The maximum Gasteiger partial charge on any atom is 0.317 e. The van der Waals surface area contributed by atoms with Gasteiger partial charge in [0, 0.05) is 39.5 Å². The van der Waals surface area contributed by atoms with Crippen molar-refractivity contribution in [2.75, 3.05) is 31.6 Å². The number of carbonyl (C=O) groups is 2. The van der Waals surface area contributed by atoms with Gasteiger partial charge in [-0.15, -0.1) is 0 Å². The first kappa shape index (κ1) is 19.3. The SMILES string of the molecule is Cc1ccc2c(c1)C(=O)NC1(CCN(C(=O)NCCc3ccccc3)CC1)N2C. The number of rotatable bonds is 3. The Morgan fingerprint density at radius 3 is 2.59 bits per heavy atom. The van der Waals surface area contributed by atoms with Gasteiger partial charge in [-0.2, -0.15) is 0 Å². The molecule has 6 nitrogen and oxygen atoms in total. The highest BCUT2D eigenvalue weighted by molar-refractivity contribution is 6.02. The molecule has 0 atom stereocenters. The summed E-state index contributed by atoms with van der Waals surface area (Å²) in [5, 5.41) is 6.24. The zero-order valence-corrected chi connectivity index (χ0v) is 17.1. The fraction of sp³-hybridized carbons (Fsp3) is 0.391. The van der Waals surface area contributed by atoms with Crippen LogP contribution >= 0.6 is 0 Å². The average Bonchev–Trinajstić information content (AvgIpc) is 2.73. The minimum atomic E-state index is -0.430. The predicted octanol–water partition coefficient (Wildman–Crippen LogP) is 2.92. The van der Waals surface area contributed by atoms with Gasteiger partial charge in [-0.1, -0.05) is 42.0 Å². The first-order valence-electron chi connectivity index (χ1n) is 10.2. The van der Waals surface area contributed by atoms with Crippen LogP contribution < -0.4 is 15.5 Å². The standard InChI is InChI=1S/C23H28N4O2/c1-17-8-9-20-19(16-17)21(28)25-23(26(20)2)11-14-27(15-12-23)22(29)24-13-10-18-6-4-3-5-7-18/h3-9,16H,10-15H2,1-2H3,(H,24,29)(H,25,28). The maximum atomic E-state index is 12.7. The van der Waals surface area contributed by atoms with Crippen LogP contribution in [0.2, 0.25) is 0 Å². The Balaban J connectivity index is 1.35. The third-order valence-electron chi connectivity index (χ3n) is 6.16. The van der Waals surface area contributed by atoms with Gasteiger partial charge in [0.25, 0.3) is 5.91 Å². The van der Waals surface area contributed by atoms with Crippen LogP contribution in [0.3, 0.4) is 0 Å². The highest BCUT2D eigenvalue weighted by Crippen LogP contribution is 2.36. The molecule has 0 saturated carbocycles. The van der Waals surface area contributed by atoms with E-state index in [2.05, 4.69) is 27.7 Å². The van der Waals surface area contributed by atoms with Crippen LogP contribution in [0.1, 0.15) is 34.3 Å². The summed E-state index contributed by atoms with van der Waals surface area (Å²) >= 11 is 0. The van der Waals surface area contributed by atoms with Gasteiger partial charge in [-0.05, 0) is 31.0 Å². The third-order valence-corrected chi connectivity index (χ3v) is 6.16. The van der Waals surface area contributed by atoms with Gasteiger partial charge in [0.2, 0.25) is 0 Å². The molecule has 0 aromatic heterocycles. The van der Waals surface area contributed by atoms with Crippen molar-refractivity contribution in [2.45, 2.75) is 31.8 Å². The van der Waals surface area contributed by atoms with Crippen molar-refractivity contribution in [1.82, 2.24) is 15.5 Å². The summed E-state index contributed by atoms with van der Waals surface area (Å²) in [5.41, 5.74) is 3.54. The molecule has 1 saturated heterocycles. The quantitative estimate of drug-likeness (QED) is 0.844. The zero-order valence-electron chi connectivity index (χ0n) is 17.1. The Bertz CT molecular complexity index is 904. The number of likely N-dealkylation sites (tertiary alicyclic amines) is 1. The van der Waals surface area contributed by atoms with Crippen molar-refractivity contribution in [2.24, 2.45) is 0 Å². The van der Waals surface area contributed by atoms with Crippen LogP contribution in [0.5, 0.6) is 0 Å². The molecule has 0 bridgehead atoms. The summed E-state index contributed by atoms with van der Waals surface area (Å²) in [5.74, 6) is -0.0254. The normalized spacial score (nSPS) is 17.7. The van der Waals surface area contributed by atoms with Gasteiger partial charge in [0.05, 0.1) is 11.3 Å². The van der Waals surface area contributed by atoms with Crippen molar-refractivity contribution in [3.8, 4) is 0 Å². The first-order valence-corrected chi connectivity index (χ1v) is 10.2. The molecule has 29 heavy (non-hydrogen) atoms. The number of urea groups is 1. The minimum absolute atomic E-state index is 0.0254. The molecule has 2 aliphatic heterocycles. The number of hydrogen-bond acceptors (Lipinski definition) is 3. The second-order valence-electron chi connectivity index (χ2n) is 8.02. The number of aryl methyl sites for hydroxylation is 1. The molecule has 1 spiro atoms. The number of piperidine rings is 1. The molecule has 4 rings (SSSR count). The number of benzene rings is 2. The highest BCUT2D eigenvalue weighted by atomic mass is 16.2. The van der Waals surface area contributed by atoms with Crippen molar-refractivity contribution in [3.63, 3.8) is 0 Å². The molecular weight excluding hydrogens is 364 g/mol. The van der Waals surface area contributed by atoms with E-state index in [1.807, 2.05) is 55.3 Å². The molecule has 152 valence electrons. The zero-order chi connectivity index (χ0) is 20.4. The molecule has 0 radical (unpaired) electrons. The van der Waals surface area contributed by atoms with Crippen molar-refractivity contribution in [1.29, 1.82) is 0 Å². The summed E-state index contributed by atoms with van der Waals surface area (Å²) < 4.78 is 0. The van der Waals surface area contributed by atoms with Crippen LogP contribution in [0.4, 0.5) is 10.5 Å². The lowest BCUT2D eigenvalue weighted by molar-refractivity contribution is 0.0810. The Morgan fingerprint density at radius 2 is 1.86 bits per heavy atom. The van der Waals surface area contributed by atoms with E-state index in [1.54, 1.807) is 0 Å². The predicted molar refractivity (Wildman–Crippen MR) is 114 cm³/mol. The largest absolute Gasteiger partial charge is 0.351 e. The molecular formula is C23H28N4O2. The van der Waals surface area contributed by atoms with Crippen LogP contribution in [0.25, 0.3) is 0 Å². The summed E-state index contributed by atoms with van der Waals surface area (Å²) in [6, 6.07) is 16.1. The summed E-state index contributed by atoms with van der Waals surface area (Å²) in [4.78, 5) is 29.3. The van der Waals surface area contributed by atoms with E-state index in [0.717, 1.165) is 23.2 Å². The monoisotopic (exact) mass is 392 g/mol. The van der Waals surface area contributed by atoms with E-state index < -0.39 is 5.66 Å². The highest BCUT2D eigenvalue weighted by Gasteiger charge is 2.44. The van der Waals surface area contributed by atoms with E-state index in [0.29, 0.717) is 32.5 Å². The van der Waals surface area contributed by atoms with Gasteiger partial charge < -0.3 is 20.4 Å². The van der Waals surface area contributed by atoms with Crippen molar-refractivity contribution in [3.05, 3.63) is 65.2 Å². The number of amides is 3. The lowest BCUT2D eigenvalue weighted by atomic mass is 9.90. The van der Waals surface area contributed by atoms with E-state index in [9.17, 15) is 9.59 Å². The first-order chi connectivity index (χ1) is 14.0. The Hall–Kier alpha value is -3.02. The van der Waals surface area contributed by atoms with Gasteiger partial charge in [0.15, 0.2) is 0 Å². The van der Waals surface area contributed by atoms with Crippen molar-refractivity contribution < 1.29 is 9.59 Å². The second kappa shape index (κ2) is 7.78. The molecule has 2 aliphatic rings. The second-order valence-corrected chi connectivity index (χ2v) is 8.02. The van der Waals surface area contributed by atoms with E-state index in [4.69, 9.17) is 0 Å². The number of fused-ring (bicyclic) bond motifs is 1. The number of carbonyl (C=O) groups excluding carboxylic acids is 2. The third kappa shape index (κ3) is 3.79. The lowest BCUT2D eigenvalue weighted by Gasteiger charge is -2.51. The van der Waals surface area contributed by atoms with Crippen LogP contribution in [0, 0.1) is 6.92 Å². The number of nitrogens with zero attached hydrogens (tertiary/aromatic N) is 2. The van der Waals surface area contributed by atoms with Crippen LogP contribution in [0.15, 0.2) is 48.5 Å². The minimum Gasteiger partial charge on any atom is -0.351 e. The van der Waals surface area contributed by atoms with Gasteiger partial charge in [-0.3, -0.25) is 4.79 Å². The molecule has 2 aromatic rings. The smallest absolute Gasteiger partial charge is 0.317 e. The Morgan fingerprint density at radius 1 is 1.14 bits per heavy atom. The summed E-state index contributed by atoms with van der Waals surface area (Å²) in [6.45, 7) is 3.84. The molecule has 6 heteroatoms. The van der Waals surface area contributed by atoms with Crippen LogP contribution in [-0.2, 0) is 6.42 Å². The van der Waals surface area contributed by atoms with Crippen LogP contribution in [-0.4, -0.2) is 49.2 Å². The number of hydrogen-bond donors (Lipinski definition) is 2.